The van der Waals surface area contributed by atoms with Gasteiger partial charge >= 0.3 is 6.03 Å². The molecule has 8 heteroatoms. The molecule has 0 bridgehead atoms. The first-order valence-electron chi connectivity index (χ1n) is 12.2. The lowest BCUT2D eigenvalue weighted by atomic mass is 10.1. The molecule has 0 saturated heterocycles. The first-order chi connectivity index (χ1) is 17.9. The third-order valence-corrected chi connectivity index (χ3v) is 6.22. The summed E-state index contributed by atoms with van der Waals surface area (Å²) < 4.78 is 20.0. The molecule has 0 fully saturated rings. The Labute approximate surface area is 215 Å². The van der Waals surface area contributed by atoms with Crippen LogP contribution < -0.4 is 15.0 Å². The van der Waals surface area contributed by atoms with Crippen molar-refractivity contribution in [2.45, 2.75) is 26.4 Å². The van der Waals surface area contributed by atoms with Crippen LogP contribution >= 0.6 is 0 Å². The van der Waals surface area contributed by atoms with Crippen molar-refractivity contribution >= 4 is 17.7 Å². The first kappa shape index (κ1) is 24.2. The number of hydrogen-bond acceptors (Lipinski definition) is 5. The number of benzene rings is 3. The average Bonchev–Trinajstić information content (AvgIpc) is 2.90. The molecule has 188 valence electrons. The number of ether oxygens (including phenoxy) is 1. The highest BCUT2D eigenvalue weighted by molar-refractivity contribution is 5.89. The van der Waals surface area contributed by atoms with Crippen LogP contribution in [0.3, 0.4) is 0 Å². The van der Waals surface area contributed by atoms with Crippen molar-refractivity contribution in [3.05, 3.63) is 107 Å². The van der Waals surface area contributed by atoms with Crippen LogP contribution in [0.4, 0.5) is 20.8 Å². The van der Waals surface area contributed by atoms with Crippen LogP contribution in [-0.4, -0.2) is 34.5 Å². The van der Waals surface area contributed by atoms with Crippen molar-refractivity contribution < 1.29 is 13.9 Å². The maximum Gasteiger partial charge on any atom is 0.322 e. The normalized spacial score (nSPS) is 12.6. The number of urea groups is 1. The third-order valence-electron chi connectivity index (χ3n) is 6.22. The number of rotatable bonds is 6. The fourth-order valence-electron chi connectivity index (χ4n) is 4.21. The minimum Gasteiger partial charge on any atom is -0.438 e. The number of carbonyl (C=O) groups is 1. The number of amides is 2. The molecule has 4 aromatic rings. The smallest absolute Gasteiger partial charge is 0.322 e. The van der Waals surface area contributed by atoms with E-state index in [-0.39, 0.29) is 12.6 Å². The number of nitrogens with one attached hydrogen (secondary N) is 1. The maximum absolute atomic E-state index is 13.9. The zero-order chi connectivity index (χ0) is 25.8. The van der Waals surface area contributed by atoms with E-state index in [4.69, 9.17) is 14.7 Å². The number of aromatic nitrogens is 2. The lowest BCUT2D eigenvalue weighted by Gasteiger charge is -2.30. The highest BCUT2D eigenvalue weighted by Gasteiger charge is 2.27. The van der Waals surface area contributed by atoms with Crippen LogP contribution in [0, 0.1) is 12.7 Å². The van der Waals surface area contributed by atoms with Gasteiger partial charge in [0.25, 0.3) is 0 Å². The lowest BCUT2D eigenvalue weighted by Crippen LogP contribution is -2.39. The van der Waals surface area contributed by atoms with E-state index in [1.165, 1.54) is 12.1 Å². The zero-order valence-corrected chi connectivity index (χ0v) is 20.8. The van der Waals surface area contributed by atoms with E-state index < -0.39 is 5.82 Å². The van der Waals surface area contributed by atoms with E-state index in [0.29, 0.717) is 42.7 Å². The summed E-state index contributed by atoms with van der Waals surface area (Å²) in [4.78, 5) is 26.2. The summed E-state index contributed by atoms with van der Waals surface area (Å²) in [5.41, 5.74) is 4.50. The second-order valence-electron chi connectivity index (χ2n) is 9.12. The van der Waals surface area contributed by atoms with Gasteiger partial charge in [-0.15, -0.1) is 0 Å². The Hall–Kier alpha value is -4.46. The molecule has 5 rings (SSSR count). The van der Waals surface area contributed by atoms with Gasteiger partial charge in [0.1, 0.15) is 11.6 Å². The highest BCUT2D eigenvalue weighted by atomic mass is 19.1. The van der Waals surface area contributed by atoms with E-state index >= 15 is 0 Å². The molecule has 1 aromatic heterocycles. The average molecular weight is 498 g/mol. The Balaban J connectivity index is 1.42. The molecule has 0 unspecified atom stereocenters. The molecule has 1 aliphatic rings. The molecular formula is C29H28FN5O2. The fraction of sp³-hybridized carbons (Fsp3) is 0.207. The molecule has 0 radical (unpaired) electrons. The summed E-state index contributed by atoms with van der Waals surface area (Å²) >= 11 is 0. The van der Waals surface area contributed by atoms with Gasteiger partial charge < -0.3 is 19.9 Å². The van der Waals surface area contributed by atoms with Crippen molar-refractivity contribution in [1.82, 2.24) is 14.9 Å². The van der Waals surface area contributed by atoms with Crippen molar-refractivity contribution in [3.8, 4) is 11.6 Å². The second kappa shape index (κ2) is 10.7. The molecule has 0 atom stereocenters. The quantitative estimate of drug-likeness (QED) is 0.357. The number of halogens is 1. The van der Waals surface area contributed by atoms with E-state index in [1.54, 1.807) is 17.0 Å². The van der Waals surface area contributed by atoms with Crippen molar-refractivity contribution in [2.75, 3.05) is 23.8 Å². The van der Waals surface area contributed by atoms with Gasteiger partial charge in [-0.25, -0.2) is 14.2 Å². The summed E-state index contributed by atoms with van der Waals surface area (Å²) in [6.45, 7) is 3.40. The molecule has 0 saturated carbocycles. The van der Waals surface area contributed by atoms with E-state index in [9.17, 15) is 9.18 Å². The minimum absolute atomic E-state index is 0.212. The van der Waals surface area contributed by atoms with E-state index in [2.05, 4.69) is 5.32 Å². The van der Waals surface area contributed by atoms with Crippen molar-refractivity contribution in [1.29, 1.82) is 0 Å². The van der Waals surface area contributed by atoms with Gasteiger partial charge in [-0.2, -0.15) is 4.98 Å². The van der Waals surface area contributed by atoms with Crippen LogP contribution in [0.25, 0.3) is 0 Å². The summed E-state index contributed by atoms with van der Waals surface area (Å²) in [6.07, 6.45) is 0.546. The molecule has 1 N–H and O–H groups in total. The van der Waals surface area contributed by atoms with Crippen LogP contribution in [0.2, 0.25) is 0 Å². The summed E-state index contributed by atoms with van der Waals surface area (Å²) in [7, 11) is 1.92. The lowest BCUT2D eigenvalue weighted by molar-refractivity contribution is 0.205. The Kier molecular flexibility index (Phi) is 6.98. The van der Waals surface area contributed by atoms with Crippen molar-refractivity contribution in [2.24, 2.45) is 0 Å². The van der Waals surface area contributed by atoms with Crippen LogP contribution in [-0.2, 0) is 19.5 Å². The summed E-state index contributed by atoms with van der Waals surface area (Å²) in [5, 5.41) is 2.95. The Bertz CT molecular complexity index is 1400. The predicted molar refractivity (Wildman–Crippen MR) is 141 cm³/mol. The first-order valence-corrected chi connectivity index (χ1v) is 12.2. The van der Waals surface area contributed by atoms with Gasteiger partial charge in [0.15, 0.2) is 0 Å². The zero-order valence-electron chi connectivity index (χ0n) is 20.8. The fourth-order valence-corrected chi connectivity index (χ4v) is 4.21. The monoisotopic (exact) mass is 497 g/mol. The van der Waals surface area contributed by atoms with E-state index in [0.717, 1.165) is 22.5 Å². The number of carbonyl (C=O) groups excluding carboxylic acids is 1. The third kappa shape index (κ3) is 5.86. The molecule has 37 heavy (non-hydrogen) atoms. The van der Waals surface area contributed by atoms with Gasteiger partial charge in [-0.05, 0) is 36.8 Å². The summed E-state index contributed by atoms with van der Waals surface area (Å²) in [6, 6.07) is 23.4. The molecule has 2 heterocycles. The number of nitrogens with zero attached hydrogens (tertiary/aromatic N) is 4. The van der Waals surface area contributed by atoms with Gasteiger partial charge in [-0.3, -0.25) is 0 Å². The second-order valence-corrected chi connectivity index (χ2v) is 9.12. The number of aryl methyl sites for hydroxylation is 1. The molecule has 0 aliphatic carbocycles. The standard InChI is InChI=1S/C29H28FN5O2/c1-20-11-13-23(14-12-20)31-29(36)35-16-15-26-25(19-35)27(37-24-10-6-9-22(30)17-24)33-28(32-26)34(2)18-21-7-4-3-5-8-21/h3-14,17H,15-16,18-19H2,1-2H3,(H,31,36). The van der Waals surface area contributed by atoms with Crippen molar-refractivity contribution in [3.63, 3.8) is 0 Å². The number of fused-ring (bicyclic) bond motifs is 1. The maximum atomic E-state index is 13.9. The van der Waals surface area contributed by atoms with Gasteiger partial charge in [-0.1, -0.05) is 54.1 Å². The van der Waals surface area contributed by atoms with Gasteiger partial charge in [0, 0.05) is 38.3 Å². The molecule has 1 aliphatic heterocycles. The Morgan fingerprint density at radius 3 is 2.59 bits per heavy atom. The van der Waals surface area contributed by atoms with Gasteiger partial charge in [0.2, 0.25) is 11.8 Å². The number of anilines is 2. The van der Waals surface area contributed by atoms with E-state index in [1.807, 2.05) is 73.5 Å². The SMILES string of the molecule is Cc1ccc(NC(=O)N2CCc3nc(N(C)Cc4ccccc4)nc(Oc4cccc(F)c4)c3C2)cc1. The topological polar surface area (TPSA) is 70.6 Å². The molecular weight excluding hydrogens is 469 g/mol. The van der Waals surface area contributed by atoms with Gasteiger partial charge in [0.05, 0.1) is 17.8 Å². The predicted octanol–water partition coefficient (Wildman–Crippen LogP) is 5.94. The van der Waals surface area contributed by atoms with Crippen LogP contribution in [0.15, 0.2) is 78.9 Å². The Morgan fingerprint density at radius 1 is 1.05 bits per heavy atom. The molecule has 7 nitrogen and oxygen atoms in total. The highest BCUT2D eigenvalue weighted by Crippen LogP contribution is 2.32. The summed E-state index contributed by atoms with van der Waals surface area (Å²) in [5.74, 6) is 0.754. The number of hydrogen-bond donors (Lipinski definition) is 1. The molecule has 2 amide bonds. The Morgan fingerprint density at radius 2 is 1.84 bits per heavy atom. The van der Waals surface area contributed by atoms with Crippen LogP contribution in [0.5, 0.6) is 11.6 Å². The minimum atomic E-state index is -0.402. The largest absolute Gasteiger partial charge is 0.438 e. The molecule has 0 spiro atoms. The molecule has 3 aromatic carbocycles. The van der Waals surface area contributed by atoms with Crippen LogP contribution in [0.1, 0.15) is 22.4 Å².